The maximum atomic E-state index is 3.56. The first-order chi connectivity index (χ1) is 10.4. The molecule has 2 nitrogen and oxygen atoms in total. The number of benzene rings is 1. The van der Waals surface area contributed by atoms with Crippen LogP contribution in [-0.2, 0) is 6.54 Å². The number of fused-ring (bicyclic) bond motifs is 1. The first-order valence-corrected chi connectivity index (χ1v) is 8.67. The lowest BCUT2D eigenvalue weighted by atomic mass is 10.1. The molecule has 0 atom stereocenters. The van der Waals surface area contributed by atoms with E-state index in [2.05, 4.69) is 41.5 Å². The maximum Gasteiger partial charge on any atom is 0.0454 e. The van der Waals surface area contributed by atoms with Gasteiger partial charge in [-0.05, 0) is 42.1 Å². The summed E-state index contributed by atoms with van der Waals surface area (Å²) >= 11 is 0. The average molecular weight is 286 g/mol. The van der Waals surface area contributed by atoms with Crippen LogP contribution < -0.4 is 5.32 Å². The molecule has 0 fully saturated rings. The number of hydrogen-bond donors (Lipinski definition) is 2. The Kier molecular flexibility index (Phi) is 7.37. The number of H-pyrrole nitrogens is 1. The van der Waals surface area contributed by atoms with E-state index in [0.717, 1.165) is 13.1 Å². The summed E-state index contributed by atoms with van der Waals surface area (Å²) < 4.78 is 0. The molecule has 0 aliphatic rings. The summed E-state index contributed by atoms with van der Waals surface area (Å²) in [7, 11) is 0. The third-order valence-corrected chi connectivity index (χ3v) is 4.15. The van der Waals surface area contributed by atoms with Gasteiger partial charge < -0.3 is 10.3 Å². The van der Waals surface area contributed by atoms with Crippen molar-refractivity contribution in [2.45, 2.75) is 64.8 Å². The van der Waals surface area contributed by atoms with E-state index in [4.69, 9.17) is 0 Å². The van der Waals surface area contributed by atoms with Gasteiger partial charge in [-0.1, -0.05) is 57.9 Å². The predicted octanol–water partition coefficient (Wildman–Crippen LogP) is 5.40. The van der Waals surface area contributed by atoms with Gasteiger partial charge in [-0.25, -0.2) is 0 Å². The summed E-state index contributed by atoms with van der Waals surface area (Å²) in [5, 5.41) is 4.87. The Labute approximate surface area is 129 Å². The smallest absolute Gasteiger partial charge is 0.0454 e. The molecule has 0 bridgehead atoms. The minimum atomic E-state index is 0.984. The Morgan fingerprint density at radius 2 is 1.67 bits per heavy atom. The van der Waals surface area contributed by atoms with Crippen LogP contribution >= 0.6 is 0 Å². The van der Waals surface area contributed by atoms with Crippen molar-refractivity contribution in [2.75, 3.05) is 6.54 Å². The fourth-order valence-corrected chi connectivity index (χ4v) is 2.83. The molecule has 0 aliphatic heterocycles. The summed E-state index contributed by atoms with van der Waals surface area (Å²) in [6.07, 6.45) is 13.1. The molecular formula is C19H30N2. The fourth-order valence-electron chi connectivity index (χ4n) is 2.83. The van der Waals surface area contributed by atoms with E-state index in [1.165, 1.54) is 67.8 Å². The number of rotatable bonds is 11. The van der Waals surface area contributed by atoms with Crippen molar-refractivity contribution in [2.24, 2.45) is 0 Å². The van der Waals surface area contributed by atoms with Crippen molar-refractivity contribution in [3.63, 3.8) is 0 Å². The normalized spacial score (nSPS) is 11.3. The fraction of sp³-hybridized carbons (Fsp3) is 0.579. The van der Waals surface area contributed by atoms with Crippen LogP contribution in [0.4, 0.5) is 0 Å². The molecule has 0 unspecified atom stereocenters. The quantitative estimate of drug-likeness (QED) is 0.532. The average Bonchev–Trinajstić information content (AvgIpc) is 2.97. The van der Waals surface area contributed by atoms with Crippen LogP contribution in [0.2, 0.25) is 0 Å². The van der Waals surface area contributed by atoms with E-state index < -0.39 is 0 Å². The van der Waals surface area contributed by atoms with Gasteiger partial charge in [0, 0.05) is 18.3 Å². The first kappa shape index (κ1) is 16.1. The molecule has 1 aromatic heterocycles. The lowest BCUT2D eigenvalue weighted by Gasteiger charge is -2.05. The van der Waals surface area contributed by atoms with Gasteiger partial charge in [0.05, 0.1) is 0 Å². The van der Waals surface area contributed by atoms with Gasteiger partial charge >= 0.3 is 0 Å². The highest BCUT2D eigenvalue weighted by Crippen LogP contribution is 2.14. The monoisotopic (exact) mass is 286 g/mol. The van der Waals surface area contributed by atoms with Gasteiger partial charge in [-0.15, -0.1) is 0 Å². The number of aromatic nitrogens is 1. The zero-order chi connectivity index (χ0) is 14.8. The highest BCUT2D eigenvalue weighted by Gasteiger charge is 1.97. The zero-order valence-corrected chi connectivity index (χ0v) is 13.5. The lowest BCUT2D eigenvalue weighted by Crippen LogP contribution is -2.14. The highest BCUT2D eigenvalue weighted by molar-refractivity contribution is 5.79. The molecule has 2 rings (SSSR count). The van der Waals surface area contributed by atoms with E-state index >= 15 is 0 Å². The van der Waals surface area contributed by atoms with Crippen molar-refractivity contribution in [3.8, 4) is 0 Å². The molecule has 0 radical (unpaired) electrons. The summed E-state index contributed by atoms with van der Waals surface area (Å²) in [5.41, 5.74) is 2.60. The third kappa shape index (κ3) is 5.92. The predicted molar refractivity (Wildman–Crippen MR) is 92.6 cm³/mol. The molecule has 2 heteroatoms. The van der Waals surface area contributed by atoms with Crippen LogP contribution in [0.25, 0.3) is 10.9 Å². The molecule has 116 valence electrons. The summed E-state index contributed by atoms with van der Waals surface area (Å²) in [6, 6.07) is 8.78. The van der Waals surface area contributed by atoms with Crippen LogP contribution in [0, 0.1) is 0 Å². The Balaban J connectivity index is 1.49. The summed E-state index contributed by atoms with van der Waals surface area (Å²) in [6.45, 7) is 4.40. The first-order valence-electron chi connectivity index (χ1n) is 8.67. The molecule has 0 aliphatic carbocycles. The molecule has 21 heavy (non-hydrogen) atoms. The maximum absolute atomic E-state index is 3.56. The van der Waals surface area contributed by atoms with Crippen molar-refractivity contribution in [1.82, 2.24) is 10.3 Å². The summed E-state index contributed by atoms with van der Waals surface area (Å²) in [4.78, 5) is 3.23. The largest absolute Gasteiger partial charge is 0.361 e. The van der Waals surface area contributed by atoms with Crippen LogP contribution in [0.3, 0.4) is 0 Å². The molecule has 0 amide bonds. The van der Waals surface area contributed by atoms with E-state index in [-0.39, 0.29) is 0 Å². The Morgan fingerprint density at radius 1 is 0.905 bits per heavy atom. The van der Waals surface area contributed by atoms with Crippen LogP contribution in [-0.4, -0.2) is 11.5 Å². The van der Waals surface area contributed by atoms with Gasteiger partial charge in [-0.3, -0.25) is 0 Å². The lowest BCUT2D eigenvalue weighted by molar-refractivity contribution is 0.555. The van der Waals surface area contributed by atoms with Gasteiger partial charge in [-0.2, -0.15) is 0 Å². The van der Waals surface area contributed by atoms with Gasteiger partial charge in [0.1, 0.15) is 0 Å². The van der Waals surface area contributed by atoms with Crippen molar-refractivity contribution in [3.05, 3.63) is 36.0 Å². The Bertz CT molecular complexity index is 501. The number of unbranched alkanes of at least 4 members (excludes halogenated alkanes) is 7. The van der Waals surface area contributed by atoms with Gasteiger partial charge in [0.25, 0.3) is 0 Å². The number of nitrogens with one attached hydrogen (secondary N) is 2. The van der Waals surface area contributed by atoms with Crippen LogP contribution in [0.5, 0.6) is 0 Å². The molecule has 0 saturated carbocycles. The van der Waals surface area contributed by atoms with Gasteiger partial charge in [0.15, 0.2) is 0 Å². The highest BCUT2D eigenvalue weighted by atomic mass is 14.8. The molecule has 2 aromatic rings. The Hall–Kier alpha value is -1.28. The second-order valence-electron chi connectivity index (χ2n) is 6.05. The molecular weight excluding hydrogens is 256 g/mol. The van der Waals surface area contributed by atoms with Crippen LogP contribution in [0.15, 0.2) is 30.5 Å². The molecule has 1 heterocycles. The Morgan fingerprint density at radius 3 is 2.48 bits per heavy atom. The number of aromatic amines is 1. The molecule has 0 saturated heterocycles. The second kappa shape index (κ2) is 9.62. The zero-order valence-electron chi connectivity index (χ0n) is 13.5. The van der Waals surface area contributed by atoms with Crippen molar-refractivity contribution >= 4 is 10.9 Å². The van der Waals surface area contributed by atoms with Crippen LogP contribution in [0.1, 0.15) is 63.9 Å². The van der Waals surface area contributed by atoms with E-state index in [9.17, 15) is 0 Å². The van der Waals surface area contributed by atoms with Gasteiger partial charge in [0.2, 0.25) is 0 Å². The SMILES string of the molecule is CCCCCCCCCCNCc1ccc2[nH]ccc2c1. The molecule has 1 aromatic carbocycles. The van der Waals surface area contributed by atoms with Crippen molar-refractivity contribution < 1.29 is 0 Å². The van der Waals surface area contributed by atoms with E-state index in [0.29, 0.717) is 0 Å². The molecule has 0 spiro atoms. The minimum absolute atomic E-state index is 0.984. The topological polar surface area (TPSA) is 27.8 Å². The standard InChI is InChI=1S/C19H30N2/c1-2-3-4-5-6-7-8-9-13-20-16-17-10-11-19-18(15-17)12-14-21-19/h10-12,14-15,20-21H,2-9,13,16H2,1H3. The third-order valence-electron chi connectivity index (χ3n) is 4.15. The van der Waals surface area contributed by atoms with E-state index in [1.807, 2.05) is 6.20 Å². The minimum Gasteiger partial charge on any atom is -0.361 e. The summed E-state index contributed by atoms with van der Waals surface area (Å²) in [5.74, 6) is 0. The second-order valence-corrected chi connectivity index (χ2v) is 6.05. The number of hydrogen-bond acceptors (Lipinski definition) is 1. The van der Waals surface area contributed by atoms with Crippen molar-refractivity contribution in [1.29, 1.82) is 0 Å². The molecule has 2 N–H and O–H groups in total. The van der Waals surface area contributed by atoms with E-state index in [1.54, 1.807) is 0 Å².